The number of carbonyl (C=O) groups is 1. The smallest absolute Gasteiger partial charge is 0.224 e. The molecule has 1 N–H and O–H groups in total. The Balaban J connectivity index is 2.69. The van der Waals surface area contributed by atoms with E-state index < -0.39 is 0 Å². The number of rotatable bonds is 5. The lowest BCUT2D eigenvalue weighted by Crippen LogP contribution is -2.12. The van der Waals surface area contributed by atoms with Crippen molar-refractivity contribution in [3.63, 3.8) is 0 Å². The molecule has 0 aliphatic heterocycles. The fraction of sp³-hybridized carbons (Fsp3) is 0.562. The van der Waals surface area contributed by atoms with E-state index in [9.17, 15) is 4.79 Å². The summed E-state index contributed by atoms with van der Waals surface area (Å²) < 4.78 is 0. The van der Waals surface area contributed by atoms with Crippen molar-refractivity contribution in [2.75, 3.05) is 5.32 Å². The van der Waals surface area contributed by atoms with Gasteiger partial charge in [-0.3, -0.25) is 4.79 Å². The summed E-state index contributed by atoms with van der Waals surface area (Å²) in [4.78, 5) is 11.8. The van der Waals surface area contributed by atoms with E-state index in [0.29, 0.717) is 18.3 Å². The first-order valence-corrected chi connectivity index (χ1v) is 6.80. The predicted molar refractivity (Wildman–Crippen MR) is 78.0 cm³/mol. The van der Waals surface area contributed by atoms with Crippen molar-refractivity contribution in [3.8, 4) is 0 Å². The maximum atomic E-state index is 11.8. The summed E-state index contributed by atoms with van der Waals surface area (Å²) in [6, 6.07) is 6.28. The normalized spacial score (nSPS) is 11.1. The molecule has 0 fully saturated rings. The second kappa shape index (κ2) is 6.58. The minimum atomic E-state index is 0.115. The fourth-order valence-corrected chi connectivity index (χ4v) is 1.86. The first-order chi connectivity index (χ1) is 8.38. The van der Waals surface area contributed by atoms with E-state index in [-0.39, 0.29) is 5.91 Å². The molecule has 1 aromatic carbocycles. The zero-order valence-electron chi connectivity index (χ0n) is 12.2. The molecule has 18 heavy (non-hydrogen) atoms. The lowest BCUT2D eigenvalue weighted by molar-refractivity contribution is -0.116. The Kier molecular flexibility index (Phi) is 5.39. The highest BCUT2D eigenvalue weighted by molar-refractivity contribution is 5.90. The average Bonchev–Trinajstić information content (AvgIpc) is 2.25. The van der Waals surface area contributed by atoms with Gasteiger partial charge in [-0.2, -0.15) is 0 Å². The summed E-state index contributed by atoms with van der Waals surface area (Å²) in [5, 5.41) is 2.99. The molecule has 1 rings (SSSR count). The molecular weight excluding hydrogens is 222 g/mol. The van der Waals surface area contributed by atoms with Crippen LogP contribution in [0.4, 0.5) is 5.69 Å². The van der Waals surface area contributed by atoms with Crippen molar-refractivity contribution >= 4 is 11.6 Å². The van der Waals surface area contributed by atoms with Crippen LogP contribution in [0.25, 0.3) is 0 Å². The lowest BCUT2D eigenvalue weighted by Gasteiger charge is -2.12. The Labute approximate surface area is 111 Å². The van der Waals surface area contributed by atoms with Gasteiger partial charge in [-0.1, -0.05) is 33.8 Å². The van der Waals surface area contributed by atoms with Crippen LogP contribution < -0.4 is 5.32 Å². The van der Waals surface area contributed by atoms with Gasteiger partial charge in [-0.15, -0.1) is 0 Å². The number of hydrogen-bond acceptors (Lipinski definition) is 1. The number of nitrogens with one attached hydrogen (secondary N) is 1. The Bertz CT molecular complexity index is 408. The minimum Gasteiger partial charge on any atom is -0.326 e. The Morgan fingerprint density at radius 3 is 2.39 bits per heavy atom. The van der Waals surface area contributed by atoms with Gasteiger partial charge in [0, 0.05) is 12.1 Å². The van der Waals surface area contributed by atoms with Gasteiger partial charge in [0.1, 0.15) is 0 Å². The Morgan fingerprint density at radius 1 is 1.17 bits per heavy atom. The van der Waals surface area contributed by atoms with Crippen LogP contribution in [0, 0.1) is 12.8 Å². The van der Waals surface area contributed by atoms with Gasteiger partial charge in [0.25, 0.3) is 0 Å². The SMILES string of the molecule is Cc1cc(NC(=O)CCC(C)C)cc(C(C)C)c1. The van der Waals surface area contributed by atoms with Gasteiger partial charge < -0.3 is 5.32 Å². The molecule has 0 bridgehead atoms. The van der Waals surface area contributed by atoms with Crippen LogP contribution in [0.2, 0.25) is 0 Å². The zero-order valence-corrected chi connectivity index (χ0v) is 12.2. The molecule has 0 spiro atoms. The van der Waals surface area contributed by atoms with E-state index in [0.717, 1.165) is 12.1 Å². The standard InChI is InChI=1S/C16H25NO/c1-11(2)6-7-16(18)17-15-9-13(5)8-14(10-15)12(3)4/h8-12H,6-7H2,1-5H3,(H,17,18). The van der Waals surface area contributed by atoms with E-state index in [4.69, 9.17) is 0 Å². The fourth-order valence-electron chi connectivity index (χ4n) is 1.86. The molecule has 2 heteroatoms. The van der Waals surface area contributed by atoms with Gasteiger partial charge in [-0.05, 0) is 48.4 Å². The monoisotopic (exact) mass is 247 g/mol. The van der Waals surface area contributed by atoms with Crippen LogP contribution in [-0.4, -0.2) is 5.91 Å². The molecule has 0 radical (unpaired) electrons. The van der Waals surface area contributed by atoms with Gasteiger partial charge in [0.2, 0.25) is 5.91 Å². The minimum absolute atomic E-state index is 0.115. The number of benzene rings is 1. The number of amides is 1. The predicted octanol–water partition coefficient (Wildman–Crippen LogP) is 4.49. The van der Waals surface area contributed by atoms with Gasteiger partial charge in [0.15, 0.2) is 0 Å². The molecule has 0 aliphatic carbocycles. The summed E-state index contributed by atoms with van der Waals surface area (Å²) in [5.41, 5.74) is 3.39. The van der Waals surface area contributed by atoms with Gasteiger partial charge in [-0.25, -0.2) is 0 Å². The summed E-state index contributed by atoms with van der Waals surface area (Å²) in [5.74, 6) is 1.17. The van der Waals surface area contributed by atoms with Crippen molar-refractivity contribution in [2.24, 2.45) is 5.92 Å². The van der Waals surface area contributed by atoms with E-state index in [1.165, 1.54) is 11.1 Å². The summed E-state index contributed by atoms with van der Waals surface area (Å²) in [7, 11) is 0. The molecule has 0 aromatic heterocycles. The third kappa shape index (κ3) is 4.91. The van der Waals surface area contributed by atoms with Gasteiger partial charge in [0.05, 0.1) is 0 Å². The lowest BCUT2D eigenvalue weighted by atomic mass is 10.00. The molecule has 1 aromatic rings. The maximum absolute atomic E-state index is 11.8. The third-order valence-electron chi connectivity index (χ3n) is 3.00. The van der Waals surface area contributed by atoms with Crippen LogP contribution >= 0.6 is 0 Å². The first kappa shape index (κ1) is 14.7. The molecule has 1 amide bonds. The maximum Gasteiger partial charge on any atom is 0.224 e. The van der Waals surface area contributed by atoms with Crippen molar-refractivity contribution < 1.29 is 4.79 Å². The summed E-state index contributed by atoms with van der Waals surface area (Å²) in [6.07, 6.45) is 1.54. The summed E-state index contributed by atoms with van der Waals surface area (Å²) in [6.45, 7) is 10.7. The largest absolute Gasteiger partial charge is 0.326 e. The highest BCUT2D eigenvalue weighted by atomic mass is 16.1. The van der Waals surface area contributed by atoms with E-state index in [2.05, 4.69) is 52.1 Å². The first-order valence-electron chi connectivity index (χ1n) is 6.80. The average molecular weight is 247 g/mol. The third-order valence-corrected chi connectivity index (χ3v) is 3.00. The van der Waals surface area contributed by atoms with Crippen LogP contribution in [-0.2, 0) is 4.79 Å². The van der Waals surface area contributed by atoms with Crippen molar-refractivity contribution in [1.29, 1.82) is 0 Å². The van der Waals surface area contributed by atoms with Crippen molar-refractivity contribution in [3.05, 3.63) is 29.3 Å². The van der Waals surface area contributed by atoms with E-state index >= 15 is 0 Å². The number of hydrogen-bond donors (Lipinski definition) is 1. The summed E-state index contributed by atoms with van der Waals surface area (Å²) >= 11 is 0. The zero-order chi connectivity index (χ0) is 13.7. The molecule has 0 unspecified atom stereocenters. The van der Waals surface area contributed by atoms with E-state index in [1.54, 1.807) is 0 Å². The molecule has 0 aliphatic rings. The van der Waals surface area contributed by atoms with E-state index in [1.807, 2.05) is 6.07 Å². The highest BCUT2D eigenvalue weighted by Crippen LogP contribution is 2.21. The van der Waals surface area contributed by atoms with Crippen LogP contribution in [0.5, 0.6) is 0 Å². The quantitative estimate of drug-likeness (QED) is 0.816. The number of anilines is 1. The molecule has 2 nitrogen and oxygen atoms in total. The second-order valence-corrected chi connectivity index (χ2v) is 5.77. The highest BCUT2D eigenvalue weighted by Gasteiger charge is 2.07. The van der Waals surface area contributed by atoms with Crippen molar-refractivity contribution in [1.82, 2.24) is 0 Å². The van der Waals surface area contributed by atoms with Crippen molar-refractivity contribution in [2.45, 2.75) is 53.4 Å². The van der Waals surface area contributed by atoms with Crippen LogP contribution in [0.15, 0.2) is 18.2 Å². The molecule has 0 saturated carbocycles. The number of carbonyl (C=O) groups excluding carboxylic acids is 1. The molecule has 0 heterocycles. The molecule has 0 atom stereocenters. The molecular formula is C16H25NO. The Hall–Kier alpha value is -1.31. The second-order valence-electron chi connectivity index (χ2n) is 5.77. The number of aryl methyl sites for hydroxylation is 1. The van der Waals surface area contributed by atoms with Crippen LogP contribution in [0.1, 0.15) is 57.6 Å². The van der Waals surface area contributed by atoms with Crippen LogP contribution in [0.3, 0.4) is 0 Å². The Morgan fingerprint density at radius 2 is 1.83 bits per heavy atom. The molecule has 100 valence electrons. The molecule has 0 saturated heterocycles. The van der Waals surface area contributed by atoms with Gasteiger partial charge >= 0.3 is 0 Å². The topological polar surface area (TPSA) is 29.1 Å².